The highest BCUT2D eigenvalue weighted by atomic mass is 16.5. The summed E-state index contributed by atoms with van der Waals surface area (Å²) in [4.78, 5) is 25.2. The van der Waals surface area contributed by atoms with E-state index < -0.39 is 11.5 Å². The van der Waals surface area contributed by atoms with E-state index in [0.717, 1.165) is 12.8 Å². The van der Waals surface area contributed by atoms with Gasteiger partial charge in [-0.15, -0.1) is 0 Å². The number of carbonyl (C=O) groups excluding carboxylic acids is 2. The van der Waals surface area contributed by atoms with Crippen LogP contribution in [0.15, 0.2) is 24.3 Å². The highest BCUT2D eigenvalue weighted by molar-refractivity contribution is 6.05. The lowest BCUT2D eigenvalue weighted by molar-refractivity contribution is -0.132. The highest BCUT2D eigenvalue weighted by Gasteiger charge is 2.40. The summed E-state index contributed by atoms with van der Waals surface area (Å²) in [6, 6.07) is 6.61. The molecule has 1 amide bonds. The normalized spacial score (nSPS) is 22.1. The molecule has 2 aliphatic rings. The number of ether oxygens (including phenoxy) is 1. The number of fused-ring (bicyclic) bond motifs is 1. The molecular weight excluding hydrogens is 278 g/mol. The largest absolute Gasteiger partial charge is 0.490 e. The minimum atomic E-state index is -0.580. The Kier molecular flexibility index (Phi) is 3.94. The van der Waals surface area contributed by atoms with E-state index in [2.05, 4.69) is 5.32 Å². The first-order valence-electron chi connectivity index (χ1n) is 8.07. The second-order valence-electron chi connectivity index (χ2n) is 6.90. The Morgan fingerprint density at radius 2 is 1.91 bits per heavy atom. The third-order valence-electron chi connectivity index (χ3n) is 5.14. The van der Waals surface area contributed by atoms with Crippen molar-refractivity contribution in [3.05, 3.63) is 29.8 Å². The maximum atomic E-state index is 12.7. The zero-order valence-electron chi connectivity index (χ0n) is 13.2. The molecule has 1 heterocycles. The standard InChI is InChI=1S/C18H23NO3/c1-18(2,12-7-3-4-8-12)17(21)19-14-11-22-15-10-6-5-9-13(15)16(14)20/h5-6,9-10,12,14H,3-4,7-8,11H2,1-2H3,(H,19,21). The second-order valence-corrected chi connectivity index (χ2v) is 6.90. The van der Waals surface area contributed by atoms with Crippen molar-refractivity contribution in [2.75, 3.05) is 6.61 Å². The predicted octanol–water partition coefficient (Wildman–Crippen LogP) is 2.96. The Morgan fingerprint density at radius 3 is 2.64 bits per heavy atom. The Hall–Kier alpha value is -1.84. The van der Waals surface area contributed by atoms with Crippen molar-refractivity contribution in [3.63, 3.8) is 0 Å². The number of hydrogen-bond donors (Lipinski definition) is 1. The number of carbonyl (C=O) groups is 2. The van der Waals surface area contributed by atoms with E-state index >= 15 is 0 Å². The number of nitrogens with one attached hydrogen (secondary N) is 1. The van der Waals surface area contributed by atoms with Gasteiger partial charge in [-0.05, 0) is 30.9 Å². The molecular formula is C18H23NO3. The molecule has 1 aromatic carbocycles. The Labute approximate surface area is 131 Å². The van der Waals surface area contributed by atoms with Crippen LogP contribution in [0.5, 0.6) is 5.75 Å². The molecule has 0 aromatic heterocycles. The third-order valence-corrected chi connectivity index (χ3v) is 5.14. The average Bonchev–Trinajstić information content (AvgIpc) is 3.05. The van der Waals surface area contributed by atoms with E-state index in [9.17, 15) is 9.59 Å². The highest BCUT2D eigenvalue weighted by Crippen LogP contribution is 2.39. The van der Waals surface area contributed by atoms with Crippen LogP contribution < -0.4 is 10.1 Å². The van der Waals surface area contributed by atoms with E-state index in [0.29, 0.717) is 17.2 Å². The number of Topliss-reactive ketones (excluding diaryl/α,β-unsaturated/α-hetero) is 1. The van der Waals surface area contributed by atoms with Gasteiger partial charge in [-0.2, -0.15) is 0 Å². The summed E-state index contributed by atoms with van der Waals surface area (Å²) in [5.74, 6) is 0.908. The summed E-state index contributed by atoms with van der Waals surface area (Å²) >= 11 is 0. The maximum absolute atomic E-state index is 12.7. The van der Waals surface area contributed by atoms with Crippen LogP contribution in [0.1, 0.15) is 49.9 Å². The molecule has 1 fully saturated rings. The van der Waals surface area contributed by atoms with Crippen LogP contribution in [0.2, 0.25) is 0 Å². The first kappa shape index (κ1) is 15.1. The van der Waals surface area contributed by atoms with Crippen LogP contribution in [0.3, 0.4) is 0 Å². The Bertz CT molecular complexity index is 588. The van der Waals surface area contributed by atoms with E-state index in [1.807, 2.05) is 26.0 Å². The molecule has 0 bridgehead atoms. The van der Waals surface area contributed by atoms with E-state index in [-0.39, 0.29) is 18.3 Å². The van der Waals surface area contributed by atoms with Crippen LogP contribution >= 0.6 is 0 Å². The van der Waals surface area contributed by atoms with Crippen molar-refractivity contribution < 1.29 is 14.3 Å². The van der Waals surface area contributed by atoms with Gasteiger partial charge in [-0.25, -0.2) is 0 Å². The number of benzene rings is 1. The smallest absolute Gasteiger partial charge is 0.226 e. The summed E-state index contributed by atoms with van der Waals surface area (Å²) < 4.78 is 5.61. The molecule has 0 spiro atoms. The van der Waals surface area contributed by atoms with Gasteiger partial charge in [0.2, 0.25) is 5.91 Å². The summed E-state index contributed by atoms with van der Waals surface area (Å²) in [7, 11) is 0. The van der Waals surface area contributed by atoms with Crippen LogP contribution in [-0.4, -0.2) is 24.3 Å². The van der Waals surface area contributed by atoms with E-state index in [1.165, 1.54) is 12.8 Å². The molecule has 1 unspecified atom stereocenters. The van der Waals surface area contributed by atoms with Gasteiger partial charge in [0, 0.05) is 5.41 Å². The van der Waals surface area contributed by atoms with Crippen LogP contribution in [-0.2, 0) is 4.79 Å². The van der Waals surface area contributed by atoms with Crippen molar-refractivity contribution in [2.24, 2.45) is 11.3 Å². The molecule has 1 aliphatic heterocycles. The lowest BCUT2D eigenvalue weighted by Crippen LogP contribution is -2.52. The SMILES string of the molecule is CC(C)(C(=O)NC1COc2ccccc2C1=O)C1CCCC1. The number of ketones is 1. The Morgan fingerprint density at radius 1 is 1.23 bits per heavy atom. The molecule has 1 aromatic rings. The second kappa shape index (κ2) is 5.75. The zero-order chi connectivity index (χ0) is 15.7. The quantitative estimate of drug-likeness (QED) is 0.934. The fourth-order valence-corrected chi connectivity index (χ4v) is 3.52. The third kappa shape index (κ3) is 2.62. The molecule has 0 saturated heterocycles. The van der Waals surface area contributed by atoms with Crippen LogP contribution in [0, 0.1) is 11.3 Å². The van der Waals surface area contributed by atoms with Gasteiger partial charge in [0.1, 0.15) is 18.4 Å². The minimum absolute atomic E-state index is 0.0410. The molecule has 0 radical (unpaired) electrons. The molecule has 4 heteroatoms. The summed E-state index contributed by atoms with van der Waals surface area (Å²) in [5, 5.41) is 2.91. The van der Waals surface area contributed by atoms with E-state index in [4.69, 9.17) is 4.74 Å². The lowest BCUT2D eigenvalue weighted by Gasteiger charge is -2.33. The van der Waals surface area contributed by atoms with Crippen molar-refractivity contribution in [3.8, 4) is 5.75 Å². The summed E-state index contributed by atoms with van der Waals surface area (Å²) in [6.45, 7) is 4.18. The van der Waals surface area contributed by atoms with Gasteiger partial charge < -0.3 is 10.1 Å². The first-order chi connectivity index (χ1) is 10.5. The van der Waals surface area contributed by atoms with Crippen LogP contribution in [0.4, 0.5) is 0 Å². The van der Waals surface area contributed by atoms with Gasteiger partial charge in [0.05, 0.1) is 5.56 Å². The minimum Gasteiger partial charge on any atom is -0.490 e. The predicted molar refractivity (Wildman–Crippen MR) is 83.9 cm³/mol. The van der Waals surface area contributed by atoms with Crippen molar-refractivity contribution in [2.45, 2.75) is 45.6 Å². The van der Waals surface area contributed by atoms with Crippen molar-refractivity contribution in [1.82, 2.24) is 5.32 Å². The van der Waals surface area contributed by atoms with Gasteiger partial charge in [-0.3, -0.25) is 9.59 Å². The molecule has 118 valence electrons. The van der Waals surface area contributed by atoms with Crippen LogP contribution in [0.25, 0.3) is 0 Å². The number of rotatable bonds is 3. The van der Waals surface area contributed by atoms with Gasteiger partial charge in [0.25, 0.3) is 0 Å². The molecule has 1 saturated carbocycles. The molecule has 1 atom stereocenters. The molecule has 3 rings (SSSR count). The first-order valence-corrected chi connectivity index (χ1v) is 8.07. The zero-order valence-corrected chi connectivity index (χ0v) is 13.2. The Balaban J connectivity index is 1.71. The molecule has 4 nitrogen and oxygen atoms in total. The molecule has 22 heavy (non-hydrogen) atoms. The number of hydrogen-bond acceptors (Lipinski definition) is 3. The van der Waals surface area contributed by atoms with Crippen molar-refractivity contribution in [1.29, 1.82) is 0 Å². The van der Waals surface area contributed by atoms with E-state index in [1.54, 1.807) is 12.1 Å². The lowest BCUT2D eigenvalue weighted by atomic mass is 9.76. The fraction of sp³-hybridized carbons (Fsp3) is 0.556. The van der Waals surface area contributed by atoms with Gasteiger partial charge in [0.15, 0.2) is 5.78 Å². The monoisotopic (exact) mass is 301 g/mol. The number of amides is 1. The average molecular weight is 301 g/mol. The topological polar surface area (TPSA) is 55.4 Å². The van der Waals surface area contributed by atoms with Crippen molar-refractivity contribution >= 4 is 11.7 Å². The summed E-state index contributed by atoms with van der Waals surface area (Å²) in [6.07, 6.45) is 4.58. The molecule has 1 aliphatic carbocycles. The molecule has 1 N–H and O–H groups in total. The number of para-hydroxylation sites is 1. The maximum Gasteiger partial charge on any atom is 0.226 e. The summed E-state index contributed by atoms with van der Waals surface area (Å²) in [5.41, 5.74) is 0.117. The fourth-order valence-electron chi connectivity index (χ4n) is 3.52. The van der Waals surface area contributed by atoms with Gasteiger partial charge >= 0.3 is 0 Å². The van der Waals surface area contributed by atoms with Gasteiger partial charge in [-0.1, -0.05) is 38.8 Å².